The Morgan fingerprint density at radius 1 is 1.14 bits per heavy atom. The number of rotatable bonds is 4. The second-order valence-electron chi connectivity index (χ2n) is 3.79. The van der Waals surface area contributed by atoms with E-state index in [-0.39, 0.29) is 13.2 Å². The largest absolute Gasteiger partial charge is 0.478 e. The van der Waals surface area contributed by atoms with Gasteiger partial charge in [-0.2, -0.15) is 0 Å². The maximum Gasteiger partial charge on any atom is 0.328 e. The molecule has 1 unspecified atom stereocenters. The zero-order valence-corrected chi connectivity index (χ0v) is 11.7. The van der Waals surface area contributed by atoms with Crippen molar-refractivity contribution in [3.8, 4) is 0 Å². The fourth-order valence-corrected chi connectivity index (χ4v) is 0.297. The number of carboxylic acid groups (broad SMARTS) is 2. The number of ether oxygens (including phenoxy) is 2. The first kappa shape index (κ1) is 21.8. The number of aliphatic hydroxyl groups is 3. The second-order valence-corrected chi connectivity index (χ2v) is 3.79. The topological polar surface area (TPSA) is 160 Å². The maximum absolute atomic E-state index is 9.55. The first-order chi connectivity index (χ1) is 9.83. The van der Waals surface area contributed by atoms with Crippen LogP contribution in [0.1, 0.15) is 6.92 Å². The summed E-state index contributed by atoms with van der Waals surface area (Å²) in [6.07, 6.45) is 0.745. The van der Waals surface area contributed by atoms with Gasteiger partial charge in [0.2, 0.25) is 0 Å². The molecule has 0 aromatic heterocycles. The van der Waals surface area contributed by atoms with Crippen molar-refractivity contribution in [3.05, 3.63) is 12.2 Å². The lowest BCUT2D eigenvalue weighted by Gasteiger charge is -1.96. The standard InChI is InChI=1S/C4H4O4.C3H8O3.C3H6O.C2H4O/c5-3(6)1-2-4(7)8;4-1-3(6)2-5;1-3-2-4-3;1-2-3-1/h1-2H,(H,5,6)(H,7,8);3-6H,1-2H2;3H,2H2,1H3;1-2H2/b2-1+;;;. The molecule has 2 aliphatic heterocycles. The van der Waals surface area contributed by atoms with Gasteiger partial charge in [0.05, 0.1) is 39.1 Å². The van der Waals surface area contributed by atoms with Crippen LogP contribution in [0.2, 0.25) is 0 Å². The van der Waals surface area contributed by atoms with E-state index < -0.39 is 18.0 Å². The summed E-state index contributed by atoms with van der Waals surface area (Å²) in [5.74, 6) is -2.51. The van der Waals surface area contributed by atoms with E-state index >= 15 is 0 Å². The third-order valence-electron chi connectivity index (χ3n) is 1.49. The number of carboxylic acids is 2. The van der Waals surface area contributed by atoms with Gasteiger partial charge in [0.15, 0.2) is 0 Å². The van der Waals surface area contributed by atoms with Gasteiger partial charge in [-0.25, -0.2) is 9.59 Å². The van der Waals surface area contributed by atoms with Crippen LogP contribution >= 0.6 is 0 Å². The number of hydrogen-bond donors (Lipinski definition) is 5. The smallest absolute Gasteiger partial charge is 0.328 e. The number of hydrogen-bond acceptors (Lipinski definition) is 7. The molecule has 0 aliphatic carbocycles. The molecule has 2 fully saturated rings. The first-order valence-corrected chi connectivity index (χ1v) is 6.06. The number of aliphatic carboxylic acids is 2. The van der Waals surface area contributed by atoms with E-state index in [0.717, 1.165) is 19.8 Å². The lowest BCUT2D eigenvalue weighted by Crippen LogP contribution is -2.15. The summed E-state index contributed by atoms with van der Waals surface area (Å²) in [7, 11) is 0. The van der Waals surface area contributed by atoms with Crippen LogP contribution in [0, 0.1) is 0 Å². The van der Waals surface area contributed by atoms with Crippen LogP contribution < -0.4 is 0 Å². The summed E-state index contributed by atoms with van der Waals surface area (Å²) in [5, 5.41) is 39.6. The van der Waals surface area contributed by atoms with Gasteiger partial charge in [-0.3, -0.25) is 0 Å². The van der Waals surface area contributed by atoms with Crippen molar-refractivity contribution in [3.63, 3.8) is 0 Å². The molecule has 1 atom stereocenters. The molecule has 0 spiro atoms. The van der Waals surface area contributed by atoms with Gasteiger partial charge in [0.25, 0.3) is 0 Å². The Hall–Kier alpha value is -1.52. The lowest BCUT2D eigenvalue weighted by molar-refractivity contribution is -0.134. The van der Waals surface area contributed by atoms with Crippen LogP contribution in [0.15, 0.2) is 12.2 Å². The molecule has 2 saturated heterocycles. The molecule has 21 heavy (non-hydrogen) atoms. The molecule has 0 radical (unpaired) electrons. The molecular formula is C12H22O9. The predicted octanol–water partition coefficient (Wildman–Crippen LogP) is -1.53. The van der Waals surface area contributed by atoms with E-state index in [4.69, 9.17) is 30.3 Å². The predicted molar refractivity (Wildman–Crippen MR) is 70.8 cm³/mol. The van der Waals surface area contributed by atoms with Crippen LogP contribution in [0.3, 0.4) is 0 Å². The van der Waals surface area contributed by atoms with Crippen molar-refractivity contribution in [2.24, 2.45) is 0 Å². The van der Waals surface area contributed by atoms with Crippen LogP contribution in [-0.2, 0) is 19.1 Å². The van der Waals surface area contributed by atoms with Gasteiger partial charge >= 0.3 is 11.9 Å². The summed E-state index contributed by atoms with van der Waals surface area (Å²) >= 11 is 0. The summed E-state index contributed by atoms with van der Waals surface area (Å²) in [6, 6.07) is 0. The SMILES string of the molecule is C1CO1.CC1CO1.O=C(O)/C=C/C(=O)O.OCC(O)CO. The molecule has 0 saturated carbocycles. The lowest BCUT2D eigenvalue weighted by atomic mass is 10.4. The minimum Gasteiger partial charge on any atom is -0.478 e. The van der Waals surface area contributed by atoms with Crippen LogP contribution in [-0.4, -0.2) is 82.7 Å². The average Bonchev–Trinajstić information content (AvgIpc) is 3.30. The fourth-order valence-electron chi connectivity index (χ4n) is 0.297. The quantitative estimate of drug-likeness (QED) is 0.306. The van der Waals surface area contributed by atoms with Gasteiger partial charge in [-0.1, -0.05) is 0 Å². The Labute approximate surface area is 122 Å². The number of epoxide rings is 2. The van der Waals surface area contributed by atoms with Crippen molar-refractivity contribution in [1.82, 2.24) is 0 Å². The summed E-state index contributed by atoms with van der Waals surface area (Å²) in [4.78, 5) is 19.1. The molecule has 2 heterocycles. The van der Waals surface area contributed by atoms with Gasteiger partial charge in [-0.15, -0.1) is 0 Å². The molecule has 124 valence electrons. The highest BCUT2D eigenvalue weighted by Crippen LogP contribution is 2.04. The fraction of sp³-hybridized carbons (Fsp3) is 0.667. The van der Waals surface area contributed by atoms with Gasteiger partial charge in [0.1, 0.15) is 6.10 Å². The Balaban J connectivity index is 0. The molecule has 5 N–H and O–H groups in total. The summed E-state index contributed by atoms with van der Waals surface area (Å²) < 4.78 is 9.21. The molecule has 0 aromatic carbocycles. The Bertz CT molecular complexity index is 274. The number of aliphatic hydroxyl groups excluding tert-OH is 3. The second kappa shape index (κ2) is 14.9. The van der Waals surface area contributed by atoms with Gasteiger partial charge in [-0.05, 0) is 6.92 Å². The highest BCUT2D eigenvalue weighted by Gasteiger charge is 2.13. The van der Waals surface area contributed by atoms with Crippen LogP contribution in [0.4, 0.5) is 0 Å². The average molecular weight is 310 g/mol. The summed E-state index contributed by atoms with van der Waals surface area (Å²) in [5.41, 5.74) is 0. The van der Waals surface area contributed by atoms with E-state index in [1.807, 2.05) is 0 Å². The Morgan fingerprint density at radius 2 is 1.43 bits per heavy atom. The zero-order chi connectivity index (χ0) is 16.7. The normalized spacial score (nSPS) is 17.5. The zero-order valence-electron chi connectivity index (χ0n) is 11.7. The minimum absolute atomic E-state index is 0.365. The van der Waals surface area contributed by atoms with E-state index in [9.17, 15) is 9.59 Å². The maximum atomic E-state index is 9.55. The van der Waals surface area contributed by atoms with E-state index in [2.05, 4.69) is 11.7 Å². The molecule has 2 aliphatic rings. The number of carbonyl (C=O) groups is 2. The minimum atomic E-state index is -1.26. The first-order valence-electron chi connectivity index (χ1n) is 6.06. The van der Waals surface area contributed by atoms with Crippen LogP contribution in [0.25, 0.3) is 0 Å². The third kappa shape index (κ3) is 38.1. The summed E-state index contributed by atoms with van der Waals surface area (Å²) in [6.45, 7) is 4.31. The van der Waals surface area contributed by atoms with E-state index in [1.165, 1.54) is 0 Å². The van der Waals surface area contributed by atoms with Crippen molar-refractivity contribution in [1.29, 1.82) is 0 Å². The molecular weight excluding hydrogens is 288 g/mol. The highest BCUT2D eigenvalue weighted by molar-refractivity contribution is 5.89. The van der Waals surface area contributed by atoms with Crippen molar-refractivity contribution in [2.45, 2.75) is 19.1 Å². The highest BCUT2D eigenvalue weighted by atomic mass is 16.6. The monoisotopic (exact) mass is 310 g/mol. The Kier molecular flexibility index (Phi) is 15.4. The molecule has 0 aromatic rings. The van der Waals surface area contributed by atoms with E-state index in [0.29, 0.717) is 18.3 Å². The van der Waals surface area contributed by atoms with Gasteiger partial charge < -0.3 is 35.0 Å². The van der Waals surface area contributed by atoms with E-state index in [1.54, 1.807) is 0 Å². The molecule has 9 heteroatoms. The van der Waals surface area contributed by atoms with Crippen molar-refractivity contribution >= 4 is 11.9 Å². The van der Waals surface area contributed by atoms with Crippen LogP contribution in [0.5, 0.6) is 0 Å². The van der Waals surface area contributed by atoms with Crippen molar-refractivity contribution < 1.29 is 44.6 Å². The molecule has 0 bridgehead atoms. The molecule has 2 rings (SSSR count). The third-order valence-corrected chi connectivity index (χ3v) is 1.49. The Morgan fingerprint density at radius 3 is 1.48 bits per heavy atom. The molecule has 0 amide bonds. The molecule has 9 nitrogen and oxygen atoms in total. The van der Waals surface area contributed by atoms with Gasteiger partial charge in [0, 0.05) is 12.2 Å². The van der Waals surface area contributed by atoms with Crippen molar-refractivity contribution in [2.75, 3.05) is 33.0 Å².